The van der Waals surface area contributed by atoms with Crippen molar-refractivity contribution in [1.29, 1.82) is 0 Å². The van der Waals surface area contributed by atoms with Crippen molar-refractivity contribution in [2.45, 2.75) is 42.7 Å². The number of nitrogens with one attached hydrogen (secondary N) is 1. The van der Waals surface area contributed by atoms with Gasteiger partial charge in [0.15, 0.2) is 0 Å². The SMILES string of the molecule is CSc1ncccc1C(=O)N1CCC2(CCN(C(=O)N[C@@H]3C[C@H]3c3ccccc3)C2)CC1. The maximum atomic E-state index is 13.0. The maximum absolute atomic E-state index is 13.0. The largest absolute Gasteiger partial charge is 0.339 e. The Morgan fingerprint density at radius 3 is 2.47 bits per heavy atom. The number of aromatic nitrogens is 1. The van der Waals surface area contributed by atoms with E-state index in [1.54, 1.807) is 6.20 Å². The highest BCUT2D eigenvalue weighted by Gasteiger charge is 2.45. The topological polar surface area (TPSA) is 65.5 Å². The Hall–Kier alpha value is -2.54. The van der Waals surface area contributed by atoms with Gasteiger partial charge in [0.25, 0.3) is 5.91 Å². The van der Waals surface area contributed by atoms with Crippen LogP contribution in [0.2, 0.25) is 0 Å². The Balaban J connectivity index is 1.13. The van der Waals surface area contributed by atoms with Crippen molar-refractivity contribution in [3.8, 4) is 0 Å². The summed E-state index contributed by atoms with van der Waals surface area (Å²) in [5.74, 6) is 0.523. The van der Waals surface area contributed by atoms with Gasteiger partial charge in [0.2, 0.25) is 0 Å². The Kier molecular flexibility index (Phi) is 5.84. The van der Waals surface area contributed by atoms with Gasteiger partial charge >= 0.3 is 6.03 Å². The van der Waals surface area contributed by atoms with E-state index in [-0.39, 0.29) is 23.4 Å². The van der Waals surface area contributed by atoms with Gasteiger partial charge in [-0.1, -0.05) is 30.3 Å². The second kappa shape index (κ2) is 8.77. The lowest BCUT2D eigenvalue weighted by Gasteiger charge is -2.39. The maximum Gasteiger partial charge on any atom is 0.317 e. The van der Waals surface area contributed by atoms with Crippen LogP contribution in [0.25, 0.3) is 0 Å². The predicted octanol–water partition coefficient (Wildman–Crippen LogP) is 4.00. The van der Waals surface area contributed by atoms with Crippen LogP contribution in [0.15, 0.2) is 53.7 Å². The highest BCUT2D eigenvalue weighted by Crippen LogP contribution is 2.43. The number of nitrogens with zero attached hydrogens (tertiary/aromatic N) is 3. The molecule has 3 aliphatic rings. The number of carbonyl (C=O) groups is 2. The summed E-state index contributed by atoms with van der Waals surface area (Å²) in [5, 5.41) is 4.03. The van der Waals surface area contributed by atoms with Crippen LogP contribution in [0, 0.1) is 5.41 Å². The first-order valence-electron chi connectivity index (χ1n) is 11.5. The van der Waals surface area contributed by atoms with Crippen LogP contribution < -0.4 is 5.32 Å². The summed E-state index contributed by atoms with van der Waals surface area (Å²) < 4.78 is 0. The molecule has 5 rings (SSSR count). The molecule has 6 nitrogen and oxygen atoms in total. The summed E-state index contributed by atoms with van der Waals surface area (Å²) in [7, 11) is 0. The summed E-state index contributed by atoms with van der Waals surface area (Å²) in [6.07, 6.45) is 7.64. The molecule has 0 unspecified atom stereocenters. The highest BCUT2D eigenvalue weighted by atomic mass is 32.2. The fraction of sp³-hybridized carbons (Fsp3) is 0.480. The molecule has 3 fully saturated rings. The van der Waals surface area contributed by atoms with Crippen LogP contribution in [-0.4, -0.2) is 65.2 Å². The number of rotatable bonds is 4. The molecule has 2 saturated heterocycles. The number of benzene rings is 1. The second-order valence-corrected chi connectivity index (χ2v) is 10.1. The highest BCUT2D eigenvalue weighted by molar-refractivity contribution is 7.98. The van der Waals surface area contributed by atoms with Gasteiger partial charge in [-0.05, 0) is 55.1 Å². The van der Waals surface area contributed by atoms with Crippen LogP contribution in [0.3, 0.4) is 0 Å². The lowest BCUT2D eigenvalue weighted by atomic mass is 9.77. The quantitative estimate of drug-likeness (QED) is 0.715. The van der Waals surface area contributed by atoms with Crippen molar-refractivity contribution in [2.75, 3.05) is 32.4 Å². The lowest BCUT2D eigenvalue weighted by Crippen LogP contribution is -2.46. The van der Waals surface area contributed by atoms with E-state index in [0.717, 1.165) is 56.9 Å². The predicted molar refractivity (Wildman–Crippen MR) is 126 cm³/mol. The standard InChI is InChI=1S/C25H30N4O2S/c1-32-22-19(8-5-12-26-22)23(30)28-13-9-25(10-14-28)11-15-29(17-25)24(31)27-21-16-20(21)18-6-3-2-4-7-18/h2-8,12,20-21H,9-11,13-17H2,1H3,(H,27,31)/t20-,21+/m0/s1. The van der Waals surface area contributed by atoms with E-state index in [1.165, 1.54) is 17.3 Å². The minimum Gasteiger partial charge on any atom is -0.339 e. The fourth-order valence-corrected chi connectivity index (χ4v) is 5.80. The molecule has 1 saturated carbocycles. The van der Waals surface area contributed by atoms with Gasteiger partial charge in [0, 0.05) is 44.3 Å². The third kappa shape index (κ3) is 4.22. The lowest BCUT2D eigenvalue weighted by molar-refractivity contribution is 0.0589. The van der Waals surface area contributed by atoms with Crippen molar-refractivity contribution < 1.29 is 9.59 Å². The van der Waals surface area contributed by atoms with Gasteiger partial charge in [-0.15, -0.1) is 11.8 Å². The Morgan fingerprint density at radius 2 is 1.75 bits per heavy atom. The van der Waals surface area contributed by atoms with Crippen molar-refractivity contribution in [3.63, 3.8) is 0 Å². The van der Waals surface area contributed by atoms with Crippen LogP contribution in [0.1, 0.15) is 47.5 Å². The summed E-state index contributed by atoms with van der Waals surface area (Å²) in [6.45, 7) is 3.10. The first-order chi connectivity index (χ1) is 15.6. The number of amides is 3. The average molecular weight is 451 g/mol. The molecule has 1 spiro atoms. The fourth-order valence-electron chi connectivity index (χ4n) is 5.26. The van der Waals surface area contributed by atoms with Crippen LogP contribution in [-0.2, 0) is 0 Å². The number of hydrogen-bond donors (Lipinski definition) is 1. The number of likely N-dealkylation sites (tertiary alicyclic amines) is 2. The number of urea groups is 1. The molecule has 0 radical (unpaired) electrons. The van der Waals surface area contributed by atoms with Gasteiger partial charge in [0.1, 0.15) is 5.03 Å². The van der Waals surface area contributed by atoms with Crippen LogP contribution in [0.5, 0.6) is 0 Å². The normalized spacial score (nSPS) is 23.9. The molecule has 1 aliphatic carbocycles. The number of hydrogen-bond acceptors (Lipinski definition) is 4. The second-order valence-electron chi connectivity index (χ2n) is 9.33. The summed E-state index contributed by atoms with van der Waals surface area (Å²) in [4.78, 5) is 34.2. The van der Waals surface area contributed by atoms with Gasteiger partial charge in [-0.25, -0.2) is 9.78 Å². The Morgan fingerprint density at radius 1 is 1.03 bits per heavy atom. The van der Waals surface area contributed by atoms with E-state index in [4.69, 9.17) is 0 Å². The Bertz CT molecular complexity index is 990. The van der Waals surface area contributed by atoms with Gasteiger partial charge in [-0.3, -0.25) is 4.79 Å². The molecule has 1 N–H and O–H groups in total. The van der Waals surface area contributed by atoms with E-state index in [0.29, 0.717) is 11.5 Å². The number of thioether (sulfide) groups is 1. The molecular weight excluding hydrogens is 420 g/mol. The molecule has 1 aromatic carbocycles. The molecule has 3 heterocycles. The molecular formula is C25H30N4O2S. The third-order valence-electron chi connectivity index (χ3n) is 7.36. The van der Waals surface area contributed by atoms with Gasteiger partial charge in [0.05, 0.1) is 5.56 Å². The molecule has 7 heteroatoms. The zero-order valence-electron chi connectivity index (χ0n) is 18.5. The van der Waals surface area contributed by atoms with Crippen molar-refractivity contribution in [2.24, 2.45) is 5.41 Å². The van der Waals surface area contributed by atoms with E-state index >= 15 is 0 Å². The minimum absolute atomic E-state index is 0.0729. The first-order valence-corrected chi connectivity index (χ1v) is 12.7. The van der Waals surface area contributed by atoms with E-state index in [9.17, 15) is 9.59 Å². The molecule has 1 aromatic heterocycles. The molecule has 2 aromatic rings. The third-order valence-corrected chi connectivity index (χ3v) is 8.07. The van der Waals surface area contributed by atoms with E-state index in [1.807, 2.05) is 34.3 Å². The zero-order valence-corrected chi connectivity index (χ0v) is 19.3. The molecule has 2 aliphatic heterocycles. The monoisotopic (exact) mass is 450 g/mol. The van der Waals surface area contributed by atoms with Crippen molar-refractivity contribution in [3.05, 3.63) is 59.8 Å². The summed E-state index contributed by atoms with van der Waals surface area (Å²) >= 11 is 1.51. The number of carbonyl (C=O) groups excluding carboxylic acids is 2. The first kappa shape index (κ1) is 21.3. The van der Waals surface area contributed by atoms with Crippen molar-refractivity contribution >= 4 is 23.7 Å². The molecule has 0 bridgehead atoms. The average Bonchev–Trinajstić information content (AvgIpc) is 3.49. The molecule has 168 valence electrons. The molecule has 2 atom stereocenters. The van der Waals surface area contributed by atoms with Crippen LogP contribution in [0.4, 0.5) is 4.79 Å². The molecule has 3 amide bonds. The summed E-state index contributed by atoms with van der Waals surface area (Å²) in [5.41, 5.74) is 2.15. The number of piperidine rings is 1. The van der Waals surface area contributed by atoms with Crippen molar-refractivity contribution in [1.82, 2.24) is 20.1 Å². The smallest absolute Gasteiger partial charge is 0.317 e. The summed E-state index contributed by atoms with van der Waals surface area (Å²) in [6, 6.07) is 14.5. The Labute approximate surface area is 193 Å². The van der Waals surface area contributed by atoms with Gasteiger partial charge in [-0.2, -0.15) is 0 Å². The van der Waals surface area contributed by atoms with Crippen LogP contribution >= 0.6 is 11.8 Å². The van der Waals surface area contributed by atoms with Gasteiger partial charge < -0.3 is 15.1 Å². The van der Waals surface area contributed by atoms with E-state index in [2.05, 4.69) is 34.6 Å². The number of pyridine rings is 1. The molecule has 32 heavy (non-hydrogen) atoms. The zero-order chi connectivity index (χ0) is 22.1. The minimum atomic E-state index is 0.0729. The van der Waals surface area contributed by atoms with E-state index < -0.39 is 0 Å².